The number of ether oxygens (including phenoxy) is 2. The summed E-state index contributed by atoms with van der Waals surface area (Å²) < 4.78 is 12.2. The molecule has 0 saturated heterocycles. The van der Waals surface area contributed by atoms with Crippen molar-refractivity contribution in [2.24, 2.45) is 5.10 Å². The molecule has 0 fully saturated rings. The fourth-order valence-electron chi connectivity index (χ4n) is 2.88. The molecule has 3 aromatic heterocycles. The van der Waals surface area contributed by atoms with E-state index in [-0.39, 0.29) is 0 Å². The molecule has 0 aliphatic heterocycles. The van der Waals surface area contributed by atoms with Crippen LogP contribution in [0.1, 0.15) is 11.3 Å². The summed E-state index contributed by atoms with van der Waals surface area (Å²) in [5, 5.41) is 9.47. The number of nitrogens with one attached hydrogen (secondary N) is 1. The fraction of sp³-hybridized carbons (Fsp3) is 0.150. The zero-order valence-electron chi connectivity index (χ0n) is 16.2. The Bertz CT molecular complexity index is 1190. The fourth-order valence-corrected chi connectivity index (χ4v) is 2.88. The van der Waals surface area contributed by atoms with Gasteiger partial charge >= 0.3 is 0 Å². The van der Waals surface area contributed by atoms with Gasteiger partial charge in [0.15, 0.2) is 11.5 Å². The predicted molar refractivity (Wildman–Crippen MR) is 110 cm³/mol. The lowest BCUT2D eigenvalue weighted by Crippen LogP contribution is -2.00. The zero-order chi connectivity index (χ0) is 20.2. The molecule has 0 aliphatic rings. The third kappa shape index (κ3) is 3.84. The van der Waals surface area contributed by atoms with Gasteiger partial charge in [-0.2, -0.15) is 10.2 Å². The first-order valence-electron chi connectivity index (χ1n) is 8.83. The van der Waals surface area contributed by atoms with Gasteiger partial charge in [-0.15, -0.1) is 0 Å². The summed E-state index contributed by atoms with van der Waals surface area (Å²) in [5.74, 6) is 1.83. The second-order valence-corrected chi connectivity index (χ2v) is 6.17. The maximum absolute atomic E-state index is 5.29. The Labute approximate surface area is 167 Å². The second kappa shape index (κ2) is 7.93. The van der Waals surface area contributed by atoms with Crippen molar-refractivity contribution in [1.82, 2.24) is 24.7 Å². The molecule has 0 bridgehead atoms. The van der Waals surface area contributed by atoms with Crippen molar-refractivity contribution in [3.8, 4) is 17.3 Å². The van der Waals surface area contributed by atoms with E-state index < -0.39 is 0 Å². The minimum absolute atomic E-state index is 0.537. The Kier molecular flexibility index (Phi) is 5.02. The molecule has 9 heteroatoms. The number of aromatic nitrogens is 5. The summed E-state index contributed by atoms with van der Waals surface area (Å²) in [6, 6.07) is 11.3. The van der Waals surface area contributed by atoms with Crippen molar-refractivity contribution in [2.45, 2.75) is 6.92 Å². The van der Waals surface area contributed by atoms with Crippen LogP contribution in [0.4, 0.5) is 5.82 Å². The summed E-state index contributed by atoms with van der Waals surface area (Å²) in [4.78, 5) is 12.9. The molecule has 0 aliphatic carbocycles. The molecule has 0 amide bonds. The summed E-state index contributed by atoms with van der Waals surface area (Å²) in [6.07, 6.45) is 4.85. The van der Waals surface area contributed by atoms with Gasteiger partial charge in [0.25, 0.3) is 0 Å². The van der Waals surface area contributed by atoms with E-state index in [1.807, 2.05) is 37.3 Å². The highest BCUT2D eigenvalue weighted by atomic mass is 16.5. The van der Waals surface area contributed by atoms with E-state index in [1.54, 1.807) is 37.4 Å². The SMILES string of the molecule is COc1cccc(-n2ncc3c(N/N=C/c4cc(C)nc(OC)c4)ncnc32)c1. The molecule has 29 heavy (non-hydrogen) atoms. The molecule has 0 radical (unpaired) electrons. The highest BCUT2D eigenvalue weighted by Gasteiger charge is 2.11. The van der Waals surface area contributed by atoms with Gasteiger partial charge in [-0.1, -0.05) is 6.07 Å². The summed E-state index contributed by atoms with van der Waals surface area (Å²) >= 11 is 0. The number of hydrogen-bond donors (Lipinski definition) is 1. The molecule has 9 nitrogen and oxygen atoms in total. The number of hydrazone groups is 1. The second-order valence-electron chi connectivity index (χ2n) is 6.17. The standard InChI is InChI=1S/C20H19N7O2/c1-13-7-14(8-18(25-13)29-3)10-23-26-19-17-11-24-27(20(17)22-12-21-19)15-5-4-6-16(9-15)28-2/h4-12H,1-3H3,(H,21,22,26)/b23-10+. The lowest BCUT2D eigenvalue weighted by molar-refractivity contribution is 0.397. The first-order chi connectivity index (χ1) is 14.2. The molecule has 1 aromatic carbocycles. The van der Waals surface area contributed by atoms with E-state index in [0.29, 0.717) is 17.3 Å². The van der Waals surface area contributed by atoms with Gasteiger partial charge in [0.05, 0.1) is 37.7 Å². The van der Waals surface area contributed by atoms with Crippen molar-refractivity contribution in [1.29, 1.82) is 0 Å². The Morgan fingerprint density at radius 1 is 1.10 bits per heavy atom. The van der Waals surface area contributed by atoms with Crippen LogP contribution in [0.15, 0.2) is 54.0 Å². The van der Waals surface area contributed by atoms with Crippen LogP contribution in [0, 0.1) is 6.92 Å². The van der Waals surface area contributed by atoms with Crippen LogP contribution in [0.25, 0.3) is 16.7 Å². The van der Waals surface area contributed by atoms with Crippen LogP contribution < -0.4 is 14.9 Å². The first kappa shape index (κ1) is 18.4. The smallest absolute Gasteiger partial charge is 0.213 e. The average molecular weight is 389 g/mol. The minimum Gasteiger partial charge on any atom is -0.497 e. The number of fused-ring (bicyclic) bond motifs is 1. The van der Waals surface area contributed by atoms with Gasteiger partial charge in [0.2, 0.25) is 5.88 Å². The lowest BCUT2D eigenvalue weighted by Gasteiger charge is -2.06. The minimum atomic E-state index is 0.537. The number of pyridine rings is 1. The van der Waals surface area contributed by atoms with E-state index >= 15 is 0 Å². The Balaban J connectivity index is 1.62. The van der Waals surface area contributed by atoms with E-state index in [4.69, 9.17) is 9.47 Å². The number of hydrogen-bond acceptors (Lipinski definition) is 8. The number of benzene rings is 1. The van der Waals surface area contributed by atoms with E-state index in [2.05, 4.69) is 30.6 Å². The predicted octanol–water partition coefficient (Wildman–Crippen LogP) is 2.98. The summed E-state index contributed by atoms with van der Waals surface area (Å²) in [6.45, 7) is 1.90. The van der Waals surface area contributed by atoms with Crippen molar-refractivity contribution in [3.05, 3.63) is 60.2 Å². The topological polar surface area (TPSA) is 99.3 Å². The molecule has 3 heterocycles. The third-order valence-corrected chi connectivity index (χ3v) is 4.21. The maximum Gasteiger partial charge on any atom is 0.213 e. The van der Waals surface area contributed by atoms with Crippen LogP contribution >= 0.6 is 0 Å². The van der Waals surface area contributed by atoms with Crippen LogP contribution in [-0.2, 0) is 0 Å². The van der Waals surface area contributed by atoms with Gasteiger partial charge < -0.3 is 9.47 Å². The normalized spacial score (nSPS) is 11.1. The molecule has 146 valence electrons. The molecule has 0 unspecified atom stereocenters. The summed E-state index contributed by atoms with van der Waals surface area (Å²) in [5.41, 5.74) is 6.16. The lowest BCUT2D eigenvalue weighted by atomic mass is 10.2. The van der Waals surface area contributed by atoms with E-state index in [0.717, 1.165) is 28.1 Å². The first-order valence-corrected chi connectivity index (χ1v) is 8.83. The van der Waals surface area contributed by atoms with Crippen molar-refractivity contribution in [2.75, 3.05) is 19.6 Å². The van der Waals surface area contributed by atoms with Crippen LogP contribution in [0.2, 0.25) is 0 Å². The highest BCUT2D eigenvalue weighted by molar-refractivity contribution is 5.88. The number of anilines is 1. The van der Waals surface area contributed by atoms with Gasteiger partial charge in [-0.3, -0.25) is 5.43 Å². The highest BCUT2D eigenvalue weighted by Crippen LogP contribution is 2.23. The molecule has 0 atom stereocenters. The van der Waals surface area contributed by atoms with Crippen molar-refractivity contribution >= 4 is 23.1 Å². The Morgan fingerprint density at radius 2 is 2.00 bits per heavy atom. The molecular weight excluding hydrogens is 370 g/mol. The molecule has 0 saturated carbocycles. The van der Waals surface area contributed by atoms with Gasteiger partial charge in [0.1, 0.15) is 12.1 Å². The Morgan fingerprint density at radius 3 is 2.83 bits per heavy atom. The van der Waals surface area contributed by atoms with Gasteiger partial charge in [-0.05, 0) is 25.1 Å². The number of nitrogens with zero attached hydrogens (tertiary/aromatic N) is 6. The largest absolute Gasteiger partial charge is 0.497 e. The van der Waals surface area contributed by atoms with E-state index in [9.17, 15) is 0 Å². The van der Waals surface area contributed by atoms with Crippen LogP contribution in [0.3, 0.4) is 0 Å². The quantitative estimate of drug-likeness (QED) is 0.400. The van der Waals surface area contributed by atoms with Crippen LogP contribution in [0.5, 0.6) is 11.6 Å². The number of aryl methyl sites for hydroxylation is 1. The van der Waals surface area contributed by atoms with Crippen molar-refractivity contribution < 1.29 is 9.47 Å². The van der Waals surface area contributed by atoms with Gasteiger partial charge in [-0.25, -0.2) is 19.6 Å². The third-order valence-electron chi connectivity index (χ3n) is 4.21. The molecule has 4 rings (SSSR count). The monoisotopic (exact) mass is 389 g/mol. The van der Waals surface area contributed by atoms with Crippen molar-refractivity contribution in [3.63, 3.8) is 0 Å². The number of methoxy groups -OCH3 is 2. The Hall–Kier alpha value is -4.01. The zero-order valence-corrected chi connectivity index (χ0v) is 16.2. The molecular formula is C20H19N7O2. The average Bonchev–Trinajstić information content (AvgIpc) is 3.18. The molecule has 0 spiro atoms. The maximum atomic E-state index is 5.29. The summed E-state index contributed by atoms with van der Waals surface area (Å²) in [7, 11) is 3.21. The van der Waals surface area contributed by atoms with Gasteiger partial charge in [0, 0.05) is 23.4 Å². The van der Waals surface area contributed by atoms with Crippen LogP contribution in [-0.4, -0.2) is 45.2 Å². The molecule has 4 aromatic rings. The van der Waals surface area contributed by atoms with E-state index in [1.165, 1.54) is 6.33 Å². The molecule has 1 N–H and O–H groups in total. The number of rotatable bonds is 6.